The number of benzene rings is 1. The van der Waals surface area contributed by atoms with E-state index in [4.69, 9.17) is 10.5 Å². The molecule has 0 amide bonds. The van der Waals surface area contributed by atoms with Crippen LogP contribution in [0.4, 0.5) is 0 Å². The molecule has 3 heteroatoms. The summed E-state index contributed by atoms with van der Waals surface area (Å²) in [4.78, 5) is 2.49. The summed E-state index contributed by atoms with van der Waals surface area (Å²) in [6.45, 7) is 12.3. The summed E-state index contributed by atoms with van der Waals surface area (Å²) < 4.78 is 5.57. The summed E-state index contributed by atoms with van der Waals surface area (Å²) in [5.41, 5.74) is 11.8. The highest BCUT2D eigenvalue weighted by atomic mass is 16.5. The molecule has 2 N–H and O–H groups in total. The first-order chi connectivity index (χ1) is 9.52. The molecule has 1 aromatic rings. The third-order valence-electron chi connectivity index (χ3n) is 4.36. The van der Waals surface area contributed by atoms with Gasteiger partial charge in [-0.15, -0.1) is 0 Å². The quantitative estimate of drug-likeness (QED) is 0.919. The van der Waals surface area contributed by atoms with Gasteiger partial charge in [0.1, 0.15) is 0 Å². The molecular weight excluding hydrogens is 248 g/mol. The van der Waals surface area contributed by atoms with Crippen molar-refractivity contribution in [2.45, 2.75) is 46.2 Å². The molecule has 112 valence electrons. The van der Waals surface area contributed by atoms with E-state index in [1.165, 1.54) is 22.3 Å². The SMILES string of the molecule is CCC1COCCN1CC(N)c1c(C)cc(C)cc1C. The molecular formula is C17H28N2O. The summed E-state index contributed by atoms with van der Waals surface area (Å²) in [7, 11) is 0. The second-order valence-electron chi connectivity index (χ2n) is 6.05. The topological polar surface area (TPSA) is 38.5 Å². The predicted molar refractivity (Wildman–Crippen MR) is 84.1 cm³/mol. The molecule has 0 saturated carbocycles. The van der Waals surface area contributed by atoms with Gasteiger partial charge in [0, 0.05) is 25.2 Å². The number of nitrogens with zero attached hydrogens (tertiary/aromatic N) is 1. The normalized spacial score (nSPS) is 21.9. The van der Waals surface area contributed by atoms with Crippen molar-refractivity contribution in [2.24, 2.45) is 5.73 Å². The zero-order valence-electron chi connectivity index (χ0n) is 13.3. The van der Waals surface area contributed by atoms with E-state index in [2.05, 4.69) is 44.7 Å². The minimum Gasteiger partial charge on any atom is -0.378 e. The van der Waals surface area contributed by atoms with E-state index >= 15 is 0 Å². The Labute approximate surface area is 123 Å². The lowest BCUT2D eigenvalue weighted by molar-refractivity contribution is -0.0111. The molecule has 0 bridgehead atoms. The number of hydrogen-bond donors (Lipinski definition) is 1. The summed E-state index contributed by atoms with van der Waals surface area (Å²) in [5, 5.41) is 0. The first-order valence-corrected chi connectivity index (χ1v) is 7.68. The summed E-state index contributed by atoms with van der Waals surface area (Å²) >= 11 is 0. The molecule has 3 nitrogen and oxygen atoms in total. The molecule has 1 aliphatic heterocycles. The fraction of sp³-hybridized carbons (Fsp3) is 0.647. The van der Waals surface area contributed by atoms with Crippen molar-refractivity contribution in [3.8, 4) is 0 Å². The first kappa shape index (κ1) is 15.5. The van der Waals surface area contributed by atoms with Crippen molar-refractivity contribution in [2.75, 3.05) is 26.3 Å². The van der Waals surface area contributed by atoms with Crippen LogP contribution in [0, 0.1) is 20.8 Å². The van der Waals surface area contributed by atoms with Crippen LogP contribution in [0.3, 0.4) is 0 Å². The number of aryl methyl sites for hydroxylation is 3. The van der Waals surface area contributed by atoms with Crippen LogP contribution in [-0.2, 0) is 4.74 Å². The average molecular weight is 276 g/mol. The Bertz CT molecular complexity index is 435. The number of hydrogen-bond acceptors (Lipinski definition) is 3. The van der Waals surface area contributed by atoms with Crippen molar-refractivity contribution in [1.82, 2.24) is 4.90 Å². The van der Waals surface area contributed by atoms with Gasteiger partial charge in [0.25, 0.3) is 0 Å². The molecule has 1 aliphatic rings. The van der Waals surface area contributed by atoms with Gasteiger partial charge in [0.15, 0.2) is 0 Å². The van der Waals surface area contributed by atoms with Crippen LogP contribution in [0.2, 0.25) is 0 Å². The third kappa shape index (κ3) is 3.40. The summed E-state index contributed by atoms with van der Waals surface area (Å²) in [5.74, 6) is 0. The van der Waals surface area contributed by atoms with Gasteiger partial charge in [0.2, 0.25) is 0 Å². The van der Waals surface area contributed by atoms with E-state index in [1.807, 2.05) is 0 Å². The summed E-state index contributed by atoms with van der Waals surface area (Å²) in [6, 6.07) is 5.07. The molecule has 1 saturated heterocycles. The Morgan fingerprint density at radius 3 is 2.55 bits per heavy atom. The van der Waals surface area contributed by atoms with Crippen LogP contribution in [0.1, 0.15) is 41.6 Å². The van der Waals surface area contributed by atoms with Crippen LogP contribution < -0.4 is 5.73 Å². The van der Waals surface area contributed by atoms with Gasteiger partial charge in [-0.1, -0.05) is 24.6 Å². The van der Waals surface area contributed by atoms with Crippen molar-refractivity contribution >= 4 is 0 Å². The first-order valence-electron chi connectivity index (χ1n) is 7.68. The molecule has 0 spiro atoms. The molecule has 1 fully saturated rings. The van der Waals surface area contributed by atoms with Gasteiger partial charge in [0.05, 0.1) is 13.2 Å². The number of nitrogens with two attached hydrogens (primary N) is 1. The minimum atomic E-state index is 0.0859. The van der Waals surface area contributed by atoms with E-state index < -0.39 is 0 Å². The van der Waals surface area contributed by atoms with Crippen molar-refractivity contribution in [3.63, 3.8) is 0 Å². The highest BCUT2D eigenvalue weighted by Gasteiger charge is 2.24. The summed E-state index contributed by atoms with van der Waals surface area (Å²) in [6.07, 6.45) is 1.12. The van der Waals surface area contributed by atoms with Gasteiger partial charge in [-0.2, -0.15) is 0 Å². The Morgan fingerprint density at radius 2 is 1.95 bits per heavy atom. The second kappa shape index (κ2) is 6.70. The van der Waals surface area contributed by atoms with Crippen molar-refractivity contribution < 1.29 is 4.74 Å². The van der Waals surface area contributed by atoms with Crippen molar-refractivity contribution in [3.05, 3.63) is 34.4 Å². The zero-order valence-corrected chi connectivity index (χ0v) is 13.3. The molecule has 20 heavy (non-hydrogen) atoms. The molecule has 2 rings (SSSR count). The van der Waals surface area contributed by atoms with Crippen LogP contribution in [0.5, 0.6) is 0 Å². The van der Waals surface area contributed by atoms with E-state index in [0.717, 1.165) is 32.7 Å². The van der Waals surface area contributed by atoms with Gasteiger partial charge >= 0.3 is 0 Å². The predicted octanol–water partition coefficient (Wildman–Crippen LogP) is 2.72. The lowest BCUT2D eigenvalue weighted by Crippen LogP contribution is -2.47. The van der Waals surface area contributed by atoms with Crippen molar-refractivity contribution in [1.29, 1.82) is 0 Å². The molecule has 0 aromatic heterocycles. The highest BCUT2D eigenvalue weighted by Crippen LogP contribution is 2.24. The van der Waals surface area contributed by atoms with Gasteiger partial charge < -0.3 is 10.5 Å². The molecule has 0 aliphatic carbocycles. The van der Waals surface area contributed by atoms with Gasteiger partial charge in [-0.25, -0.2) is 0 Å². The minimum absolute atomic E-state index is 0.0859. The van der Waals surface area contributed by atoms with E-state index in [-0.39, 0.29) is 6.04 Å². The Kier molecular flexibility index (Phi) is 5.19. The molecule has 2 unspecified atom stereocenters. The van der Waals surface area contributed by atoms with Gasteiger partial charge in [-0.05, 0) is 43.9 Å². The van der Waals surface area contributed by atoms with E-state index in [9.17, 15) is 0 Å². The largest absolute Gasteiger partial charge is 0.378 e. The van der Waals surface area contributed by atoms with Crippen LogP contribution in [-0.4, -0.2) is 37.2 Å². The van der Waals surface area contributed by atoms with Crippen LogP contribution in [0.25, 0.3) is 0 Å². The maximum Gasteiger partial charge on any atom is 0.0622 e. The monoisotopic (exact) mass is 276 g/mol. The third-order valence-corrected chi connectivity index (χ3v) is 4.36. The second-order valence-corrected chi connectivity index (χ2v) is 6.05. The fourth-order valence-electron chi connectivity index (χ4n) is 3.43. The Morgan fingerprint density at radius 1 is 1.30 bits per heavy atom. The standard InChI is InChI=1S/C17H28N2O/c1-5-15-11-20-7-6-19(15)10-16(18)17-13(3)8-12(2)9-14(17)4/h8-9,15-16H,5-7,10-11,18H2,1-4H3. The maximum absolute atomic E-state index is 6.51. The van der Waals surface area contributed by atoms with E-state index in [1.54, 1.807) is 0 Å². The Hall–Kier alpha value is -0.900. The maximum atomic E-state index is 6.51. The van der Waals surface area contributed by atoms with Gasteiger partial charge in [-0.3, -0.25) is 4.90 Å². The lowest BCUT2D eigenvalue weighted by Gasteiger charge is -2.37. The van der Waals surface area contributed by atoms with Crippen LogP contribution in [0.15, 0.2) is 12.1 Å². The number of rotatable bonds is 4. The smallest absolute Gasteiger partial charge is 0.0622 e. The fourth-order valence-corrected chi connectivity index (χ4v) is 3.43. The van der Waals surface area contributed by atoms with Crippen LogP contribution >= 0.6 is 0 Å². The number of ether oxygens (including phenoxy) is 1. The molecule has 1 aromatic carbocycles. The van der Waals surface area contributed by atoms with E-state index in [0.29, 0.717) is 6.04 Å². The Balaban J connectivity index is 2.13. The highest BCUT2D eigenvalue weighted by molar-refractivity contribution is 5.39. The number of morpholine rings is 1. The lowest BCUT2D eigenvalue weighted by atomic mass is 9.94. The average Bonchev–Trinajstić information content (AvgIpc) is 2.38. The zero-order chi connectivity index (χ0) is 14.7. The molecule has 2 atom stereocenters. The molecule has 1 heterocycles. The molecule has 0 radical (unpaired) electrons.